The number of nitrogen functional groups attached to an aromatic ring is 1. The predicted octanol–water partition coefficient (Wildman–Crippen LogP) is 2.70. The van der Waals surface area contributed by atoms with Gasteiger partial charge in [0.2, 0.25) is 5.91 Å². The molecule has 0 bridgehead atoms. The van der Waals surface area contributed by atoms with E-state index in [0.29, 0.717) is 13.0 Å². The van der Waals surface area contributed by atoms with Gasteiger partial charge >= 0.3 is 0 Å². The van der Waals surface area contributed by atoms with Crippen molar-refractivity contribution in [2.24, 2.45) is 0 Å². The molecule has 0 aliphatic carbocycles. The van der Waals surface area contributed by atoms with Gasteiger partial charge in [-0.1, -0.05) is 42.0 Å². The van der Waals surface area contributed by atoms with Gasteiger partial charge in [0, 0.05) is 18.8 Å². The zero-order chi connectivity index (χ0) is 14.8. The molecule has 2 aromatic rings. The van der Waals surface area contributed by atoms with Crippen molar-refractivity contribution in [3.8, 4) is 0 Å². The fourth-order valence-corrected chi connectivity index (χ4v) is 2.93. The first-order chi connectivity index (χ1) is 10.1. The standard InChI is InChI=1S/C18H20N2O/c1-13-4-2-5-14(10-13)11-18(21)20-9-8-15-6-3-7-17(19)16(15)12-20/h2-7,10H,8-9,11-12,19H2,1H3. The fraction of sp³-hybridized carbons (Fsp3) is 0.278. The van der Waals surface area contributed by atoms with Gasteiger partial charge in [0.1, 0.15) is 0 Å². The lowest BCUT2D eigenvalue weighted by Crippen LogP contribution is -2.37. The van der Waals surface area contributed by atoms with Gasteiger partial charge in [-0.05, 0) is 36.1 Å². The summed E-state index contributed by atoms with van der Waals surface area (Å²) in [4.78, 5) is 14.4. The van der Waals surface area contributed by atoms with Gasteiger partial charge in [-0.3, -0.25) is 4.79 Å². The highest BCUT2D eigenvalue weighted by molar-refractivity contribution is 5.79. The summed E-state index contributed by atoms with van der Waals surface area (Å²) in [6.45, 7) is 3.46. The number of aryl methyl sites for hydroxylation is 1. The Balaban J connectivity index is 1.74. The molecule has 0 saturated heterocycles. The zero-order valence-corrected chi connectivity index (χ0v) is 12.3. The van der Waals surface area contributed by atoms with E-state index < -0.39 is 0 Å². The third-order valence-corrected chi connectivity index (χ3v) is 4.10. The van der Waals surface area contributed by atoms with Crippen molar-refractivity contribution < 1.29 is 4.79 Å². The topological polar surface area (TPSA) is 46.3 Å². The maximum atomic E-state index is 12.5. The molecule has 0 radical (unpaired) electrons. The molecule has 108 valence electrons. The van der Waals surface area contributed by atoms with Crippen LogP contribution in [0, 0.1) is 6.92 Å². The summed E-state index contributed by atoms with van der Waals surface area (Å²) in [6, 6.07) is 14.1. The van der Waals surface area contributed by atoms with Crippen molar-refractivity contribution in [1.82, 2.24) is 4.90 Å². The van der Waals surface area contributed by atoms with Crippen LogP contribution in [-0.2, 0) is 24.2 Å². The van der Waals surface area contributed by atoms with Crippen molar-refractivity contribution in [3.05, 3.63) is 64.7 Å². The Labute approximate surface area is 125 Å². The molecule has 1 aliphatic heterocycles. The minimum Gasteiger partial charge on any atom is -0.398 e. The van der Waals surface area contributed by atoms with Gasteiger partial charge < -0.3 is 10.6 Å². The van der Waals surface area contributed by atoms with Crippen LogP contribution in [-0.4, -0.2) is 17.4 Å². The maximum Gasteiger partial charge on any atom is 0.227 e. The molecule has 1 heterocycles. The Bertz CT molecular complexity index is 679. The number of fused-ring (bicyclic) bond motifs is 1. The molecule has 2 N–H and O–H groups in total. The average Bonchev–Trinajstić information content (AvgIpc) is 2.47. The van der Waals surface area contributed by atoms with E-state index in [2.05, 4.69) is 12.1 Å². The molecule has 3 nitrogen and oxygen atoms in total. The second kappa shape index (κ2) is 5.60. The molecule has 0 unspecified atom stereocenters. The van der Waals surface area contributed by atoms with E-state index in [9.17, 15) is 4.79 Å². The van der Waals surface area contributed by atoms with E-state index >= 15 is 0 Å². The molecule has 1 aliphatic rings. The van der Waals surface area contributed by atoms with E-state index in [1.165, 1.54) is 11.1 Å². The first-order valence-electron chi connectivity index (χ1n) is 7.33. The number of nitrogens with two attached hydrogens (primary N) is 1. The first kappa shape index (κ1) is 13.7. The molecule has 2 aromatic carbocycles. The van der Waals surface area contributed by atoms with Gasteiger partial charge in [-0.25, -0.2) is 0 Å². The highest BCUT2D eigenvalue weighted by atomic mass is 16.2. The molecular formula is C18H20N2O. The van der Waals surface area contributed by atoms with Crippen LogP contribution < -0.4 is 5.73 Å². The lowest BCUT2D eigenvalue weighted by Gasteiger charge is -2.30. The number of hydrogen-bond donors (Lipinski definition) is 1. The van der Waals surface area contributed by atoms with Gasteiger partial charge in [-0.2, -0.15) is 0 Å². The van der Waals surface area contributed by atoms with Crippen molar-refractivity contribution in [2.75, 3.05) is 12.3 Å². The fourth-order valence-electron chi connectivity index (χ4n) is 2.93. The minimum atomic E-state index is 0.175. The Morgan fingerprint density at radius 2 is 2.05 bits per heavy atom. The first-order valence-corrected chi connectivity index (χ1v) is 7.33. The van der Waals surface area contributed by atoms with Crippen LogP contribution >= 0.6 is 0 Å². The van der Waals surface area contributed by atoms with Crippen LogP contribution in [0.3, 0.4) is 0 Å². The van der Waals surface area contributed by atoms with Gasteiger partial charge in [0.05, 0.1) is 6.42 Å². The zero-order valence-electron chi connectivity index (χ0n) is 12.3. The quantitative estimate of drug-likeness (QED) is 0.860. The van der Waals surface area contributed by atoms with Crippen LogP contribution in [0.4, 0.5) is 5.69 Å². The third-order valence-electron chi connectivity index (χ3n) is 4.10. The summed E-state index contributed by atoms with van der Waals surface area (Å²) < 4.78 is 0. The Morgan fingerprint density at radius 1 is 1.24 bits per heavy atom. The molecular weight excluding hydrogens is 260 g/mol. The van der Waals surface area contributed by atoms with E-state index in [4.69, 9.17) is 5.73 Å². The largest absolute Gasteiger partial charge is 0.398 e. The van der Waals surface area contributed by atoms with Crippen molar-refractivity contribution >= 4 is 11.6 Å². The molecule has 0 atom stereocenters. The Morgan fingerprint density at radius 3 is 2.86 bits per heavy atom. The van der Waals surface area contributed by atoms with Gasteiger partial charge in [0.15, 0.2) is 0 Å². The number of nitrogens with zero attached hydrogens (tertiary/aromatic N) is 1. The summed E-state index contributed by atoms with van der Waals surface area (Å²) >= 11 is 0. The Kier molecular flexibility index (Phi) is 3.65. The SMILES string of the molecule is Cc1cccc(CC(=O)N2CCc3cccc(N)c3C2)c1. The van der Waals surface area contributed by atoms with Crippen LogP contribution in [0.15, 0.2) is 42.5 Å². The van der Waals surface area contributed by atoms with Crippen LogP contribution in [0.5, 0.6) is 0 Å². The molecule has 0 fully saturated rings. The number of rotatable bonds is 2. The summed E-state index contributed by atoms with van der Waals surface area (Å²) in [7, 11) is 0. The monoisotopic (exact) mass is 280 g/mol. The van der Waals surface area contributed by atoms with Crippen LogP contribution in [0.2, 0.25) is 0 Å². The van der Waals surface area contributed by atoms with Gasteiger partial charge in [-0.15, -0.1) is 0 Å². The van der Waals surface area contributed by atoms with E-state index in [0.717, 1.165) is 29.8 Å². The number of hydrogen-bond acceptors (Lipinski definition) is 2. The summed E-state index contributed by atoms with van der Waals surface area (Å²) in [6.07, 6.45) is 1.35. The lowest BCUT2D eigenvalue weighted by molar-refractivity contribution is -0.131. The highest BCUT2D eigenvalue weighted by Crippen LogP contribution is 2.24. The second-order valence-electron chi connectivity index (χ2n) is 5.72. The Hall–Kier alpha value is -2.29. The average molecular weight is 280 g/mol. The van der Waals surface area contributed by atoms with E-state index in [1.54, 1.807) is 0 Å². The minimum absolute atomic E-state index is 0.175. The molecule has 0 saturated carbocycles. The summed E-state index contributed by atoms with van der Waals surface area (Å²) in [5.74, 6) is 0.175. The molecule has 3 heteroatoms. The highest BCUT2D eigenvalue weighted by Gasteiger charge is 2.22. The molecule has 3 rings (SSSR count). The predicted molar refractivity (Wildman–Crippen MR) is 84.9 cm³/mol. The van der Waals surface area contributed by atoms with E-state index in [-0.39, 0.29) is 5.91 Å². The number of carbonyl (C=O) groups is 1. The molecule has 0 aromatic heterocycles. The molecule has 1 amide bonds. The lowest BCUT2D eigenvalue weighted by atomic mass is 9.97. The summed E-state index contributed by atoms with van der Waals surface area (Å²) in [5, 5.41) is 0. The molecule has 21 heavy (non-hydrogen) atoms. The second-order valence-corrected chi connectivity index (χ2v) is 5.72. The number of benzene rings is 2. The maximum absolute atomic E-state index is 12.5. The van der Waals surface area contributed by atoms with Crippen molar-refractivity contribution in [1.29, 1.82) is 0 Å². The van der Waals surface area contributed by atoms with Crippen molar-refractivity contribution in [2.45, 2.75) is 26.3 Å². The molecule has 0 spiro atoms. The third kappa shape index (κ3) is 2.92. The van der Waals surface area contributed by atoms with Gasteiger partial charge in [0.25, 0.3) is 0 Å². The van der Waals surface area contributed by atoms with Crippen molar-refractivity contribution in [3.63, 3.8) is 0 Å². The number of amides is 1. The normalized spacial score (nSPS) is 13.9. The van der Waals surface area contributed by atoms with E-state index in [1.807, 2.05) is 42.2 Å². The smallest absolute Gasteiger partial charge is 0.227 e. The van der Waals surface area contributed by atoms with Crippen LogP contribution in [0.25, 0.3) is 0 Å². The number of carbonyl (C=O) groups excluding carboxylic acids is 1. The van der Waals surface area contributed by atoms with Crippen LogP contribution in [0.1, 0.15) is 22.3 Å². The number of anilines is 1. The summed E-state index contributed by atoms with van der Waals surface area (Å²) in [5.41, 5.74) is 11.5.